The summed E-state index contributed by atoms with van der Waals surface area (Å²) in [5.41, 5.74) is 1.96. The first-order chi connectivity index (χ1) is 12.3. The van der Waals surface area contributed by atoms with Crippen LogP contribution in [-0.2, 0) is 29.1 Å². The first-order valence-corrected chi connectivity index (χ1v) is 10.2. The Balaban J connectivity index is 1.61. The minimum atomic E-state index is -3.57. The Kier molecular flexibility index (Phi) is 5.34. The van der Waals surface area contributed by atoms with Gasteiger partial charge in [-0.05, 0) is 49.9 Å². The predicted octanol–water partition coefficient (Wildman–Crippen LogP) is 1.56. The van der Waals surface area contributed by atoms with E-state index in [0.29, 0.717) is 19.3 Å². The summed E-state index contributed by atoms with van der Waals surface area (Å²) in [6, 6.07) is 5.09. The van der Waals surface area contributed by atoms with Crippen molar-refractivity contribution in [1.82, 2.24) is 4.31 Å². The molecule has 0 aliphatic carbocycles. The number of esters is 2. The van der Waals surface area contributed by atoms with E-state index in [-0.39, 0.29) is 24.6 Å². The molecule has 2 fully saturated rings. The zero-order valence-electron chi connectivity index (χ0n) is 14.9. The Labute approximate surface area is 153 Å². The summed E-state index contributed by atoms with van der Waals surface area (Å²) in [6.07, 6.45) is 0.319. The Morgan fingerprint density at radius 1 is 1.15 bits per heavy atom. The van der Waals surface area contributed by atoms with E-state index in [9.17, 15) is 18.0 Å². The zero-order valence-corrected chi connectivity index (χ0v) is 15.8. The number of hydrogen-bond donors (Lipinski definition) is 0. The predicted molar refractivity (Wildman–Crippen MR) is 92.9 cm³/mol. The van der Waals surface area contributed by atoms with E-state index in [1.54, 1.807) is 18.2 Å². The fourth-order valence-electron chi connectivity index (χ4n) is 3.18. The van der Waals surface area contributed by atoms with Crippen LogP contribution in [0.3, 0.4) is 0 Å². The van der Waals surface area contributed by atoms with Gasteiger partial charge in [0.15, 0.2) is 0 Å². The van der Waals surface area contributed by atoms with Gasteiger partial charge in [0, 0.05) is 19.5 Å². The lowest BCUT2D eigenvalue weighted by Gasteiger charge is -2.30. The van der Waals surface area contributed by atoms with Crippen molar-refractivity contribution >= 4 is 22.0 Å². The van der Waals surface area contributed by atoms with Crippen LogP contribution in [-0.4, -0.2) is 50.5 Å². The summed E-state index contributed by atoms with van der Waals surface area (Å²) in [4.78, 5) is 23.9. The van der Waals surface area contributed by atoms with Crippen molar-refractivity contribution in [3.8, 4) is 0 Å². The van der Waals surface area contributed by atoms with Crippen molar-refractivity contribution in [2.45, 2.75) is 44.1 Å². The van der Waals surface area contributed by atoms with Gasteiger partial charge in [0.25, 0.3) is 0 Å². The van der Waals surface area contributed by atoms with Crippen LogP contribution in [0.25, 0.3) is 0 Å². The van der Waals surface area contributed by atoms with Crippen molar-refractivity contribution in [2.24, 2.45) is 5.92 Å². The summed E-state index contributed by atoms with van der Waals surface area (Å²) >= 11 is 0. The Morgan fingerprint density at radius 3 is 2.42 bits per heavy atom. The van der Waals surface area contributed by atoms with Gasteiger partial charge in [-0.3, -0.25) is 4.79 Å². The van der Waals surface area contributed by atoms with Crippen LogP contribution < -0.4 is 0 Å². The number of rotatable bonds is 4. The second-order valence-corrected chi connectivity index (χ2v) is 8.74. The number of hydrogen-bond acceptors (Lipinski definition) is 6. The second kappa shape index (κ2) is 7.36. The van der Waals surface area contributed by atoms with Gasteiger partial charge >= 0.3 is 11.9 Å². The molecule has 0 radical (unpaired) electrons. The normalized spacial score (nSPS) is 22.2. The fraction of sp³-hybridized carbons (Fsp3) is 0.556. The molecule has 8 heteroatoms. The average molecular weight is 381 g/mol. The van der Waals surface area contributed by atoms with Gasteiger partial charge in [-0.25, -0.2) is 13.2 Å². The van der Waals surface area contributed by atoms with Gasteiger partial charge in [0.05, 0.1) is 17.4 Å². The molecule has 0 spiro atoms. The molecule has 2 aliphatic rings. The van der Waals surface area contributed by atoms with Crippen LogP contribution in [0.5, 0.6) is 0 Å². The van der Waals surface area contributed by atoms with Crippen molar-refractivity contribution in [1.29, 1.82) is 0 Å². The van der Waals surface area contributed by atoms with Crippen LogP contribution in [0.2, 0.25) is 0 Å². The third-order valence-corrected chi connectivity index (χ3v) is 6.94. The maximum atomic E-state index is 12.8. The molecule has 2 heterocycles. The average Bonchev–Trinajstić information content (AvgIpc) is 3.02. The van der Waals surface area contributed by atoms with Crippen LogP contribution in [0.1, 0.15) is 30.4 Å². The number of cyclic esters (lactones) is 1. The van der Waals surface area contributed by atoms with Gasteiger partial charge in [-0.15, -0.1) is 0 Å². The molecule has 1 aromatic carbocycles. The summed E-state index contributed by atoms with van der Waals surface area (Å²) in [7, 11) is -3.57. The van der Waals surface area contributed by atoms with Crippen LogP contribution in [0.15, 0.2) is 23.1 Å². The maximum absolute atomic E-state index is 12.8. The van der Waals surface area contributed by atoms with Gasteiger partial charge in [0.1, 0.15) is 0 Å². The van der Waals surface area contributed by atoms with Crippen LogP contribution in [0, 0.1) is 19.8 Å². The molecule has 0 bridgehead atoms. The fourth-order valence-corrected chi connectivity index (χ4v) is 4.73. The summed E-state index contributed by atoms with van der Waals surface area (Å²) < 4.78 is 37.0. The zero-order chi connectivity index (χ0) is 18.9. The topological polar surface area (TPSA) is 90.0 Å². The highest BCUT2D eigenvalue weighted by molar-refractivity contribution is 7.89. The Bertz CT molecular complexity index is 811. The Hall–Kier alpha value is -1.93. The molecule has 0 amide bonds. The molecular weight excluding hydrogens is 358 g/mol. The third kappa shape index (κ3) is 3.76. The van der Waals surface area contributed by atoms with Crippen molar-refractivity contribution in [3.63, 3.8) is 0 Å². The van der Waals surface area contributed by atoms with E-state index in [2.05, 4.69) is 0 Å². The molecule has 0 aromatic heterocycles. The molecule has 1 atom stereocenters. The molecule has 3 rings (SSSR count). The van der Waals surface area contributed by atoms with E-state index in [1.165, 1.54) is 4.31 Å². The number of piperidine rings is 1. The van der Waals surface area contributed by atoms with Crippen LogP contribution >= 0.6 is 0 Å². The van der Waals surface area contributed by atoms with E-state index < -0.39 is 34.0 Å². The van der Waals surface area contributed by atoms with E-state index in [1.807, 2.05) is 13.8 Å². The lowest BCUT2D eigenvalue weighted by molar-refractivity contribution is -0.164. The van der Waals surface area contributed by atoms with E-state index in [4.69, 9.17) is 9.47 Å². The van der Waals surface area contributed by atoms with E-state index in [0.717, 1.165) is 11.1 Å². The largest absolute Gasteiger partial charge is 0.463 e. The molecule has 2 aliphatic heterocycles. The molecule has 1 aromatic rings. The monoisotopic (exact) mass is 381 g/mol. The number of nitrogens with zero attached hydrogens (tertiary/aromatic N) is 1. The van der Waals surface area contributed by atoms with Crippen LogP contribution in [0.4, 0.5) is 0 Å². The quantitative estimate of drug-likeness (QED) is 0.736. The first kappa shape index (κ1) is 18.8. The van der Waals surface area contributed by atoms with Gasteiger partial charge < -0.3 is 9.47 Å². The molecule has 0 N–H and O–H groups in total. The minimum Gasteiger partial charge on any atom is -0.463 e. The molecular formula is C18H23NO6S. The lowest BCUT2D eigenvalue weighted by Crippen LogP contribution is -2.41. The highest BCUT2D eigenvalue weighted by atomic mass is 32.2. The van der Waals surface area contributed by atoms with E-state index >= 15 is 0 Å². The summed E-state index contributed by atoms with van der Waals surface area (Å²) in [6.45, 7) is 4.59. The number of carbonyl (C=O) groups is 2. The number of aryl methyl sites for hydroxylation is 2. The van der Waals surface area contributed by atoms with Crippen molar-refractivity contribution < 1.29 is 27.5 Å². The molecule has 0 unspecified atom stereocenters. The van der Waals surface area contributed by atoms with Gasteiger partial charge in [-0.2, -0.15) is 4.31 Å². The SMILES string of the molecule is Cc1ccc(S(=O)(=O)N2CCC(C(=O)O[C@H]3CCOC3=O)CC2)cc1C. The minimum absolute atomic E-state index is 0.254. The van der Waals surface area contributed by atoms with Crippen molar-refractivity contribution in [2.75, 3.05) is 19.7 Å². The van der Waals surface area contributed by atoms with Gasteiger partial charge in [0.2, 0.25) is 16.1 Å². The number of sulfonamides is 1. The molecule has 0 saturated carbocycles. The first-order valence-electron chi connectivity index (χ1n) is 8.73. The molecule has 2 saturated heterocycles. The number of ether oxygens (including phenoxy) is 2. The van der Waals surface area contributed by atoms with Crippen molar-refractivity contribution in [3.05, 3.63) is 29.3 Å². The third-order valence-electron chi connectivity index (χ3n) is 5.05. The number of carbonyl (C=O) groups excluding carboxylic acids is 2. The molecule has 7 nitrogen and oxygen atoms in total. The summed E-state index contributed by atoms with van der Waals surface area (Å²) in [5, 5.41) is 0. The van der Waals surface area contributed by atoms with Gasteiger partial charge in [-0.1, -0.05) is 6.07 Å². The number of benzene rings is 1. The highest BCUT2D eigenvalue weighted by Gasteiger charge is 2.36. The summed E-state index contributed by atoms with van der Waals surface area (Å²) in [5.74, 6) is -1.35. The molecule has 142 valence electrons. The standard InChI is InChI=1S/C18H23NO6S/c1-12-3-4-15(11-13(12)2)26(22,23)19-8-5-14(6-9-19)17(20)25-16-7-10-24-18(16)21/h3-4,11,14,16H,5-10H2,1-2H3/t16-/m0/s1. The smallest absolute Gasteiger partial charge is 0.347 e. The lowest BCUT2D eigenvalue weighted by atomic mass is 9.98. The maximum Gasteiger partial charge on any atom is 0.347 e. The second-order valence-electron chi connectivity index (χ2n) is 6.81. The Morgan fingerprint density at radius 2 is 1.85 bits per heavy atom. The highest BCUT2D eigenvalue weighted by Crippen LogP contribution is 2.26. The molecule has 26 heavy (non-hydrogen) atoms.